The molecule has 174 valence electrons. The van der Waals surface area contributed by atoms with Crippen LogP contribution in [0.25, 0.3) is 16.3 Å². The maximum atomic E-state index is 13.7. The highest BCUT2D eigenvalue weighted by atomic mass is 35.5. The Hall–Kier alpha value is -4.26. The highest BCUT2D eigenvalue weighted by Gasteiger charge is 2.34. The van der Waals surface area contributed by atoms with Crippen LogP contribution in [0.2, 0.25) is 5.02 Å². The smallest absolute Gasteiger partial charge is 0.284 e. The number of rotatable bonds is 5. The molecular formula is C29H18ClN3O2S. The number of carbonyl (C=O) groups excluding carboxylic acids is 1. The lowest BCUT2D eigenvalue weighted by molar-refractivity contribution is -0.113. The quantitative estimate of drug-likeness (QED) is 0.230. The first kappa shape index (κ1) is 22.2. The summed E-state index contributed by atoms with van der Waals surface area (Å²) < 4.78 is 6.90. The zero-order valence-corrected chi connectivity index (χ0v) is 20.4. The molecule has 0 unspecified atom stereocenters. The molecule has 0 aliphatic carbocycles. The van der Waals surface area contributed by atoms with Crippen LogP contribution in [0.1, 0.15) is 11.1 Å². The number of aliphatic imine (C=N–C) groups is 1. The van der Waals surface area contributed by atoms with Crippen molar-refractivity contribution in [2.45, 2.75) is 0 Å². The average Bonchev–Trinajstić information content (AvgIpc) is 3.45. The van der Waals surface area contributed by atoms with E-state index in [0.717, 1.165) is 27.1 Å². The summed E-state index contributed by atoms with van der Waals surface area (Å²) in [6, 6.07) is 32.3. The molecule has 0 bridgehead atoms. The maximum absolute atomic E-state index is 13.7. The number of anilines is 1. The number of nitrogens with zero attached hydrogens (tertiary/aromatic N) is 3. The van der Waals surface area contributed by atoms with Gasteiger partial charge in [-0.3, -0.25) is 4.79 Å². The number of benzene rings is 4. The fraction of sp³-hybridized carbons (Fsp3) is 0. The van der Waals surface area contributed by atoms with E-state index >= 15 is 0 Å². The molecule has 5 aromatic rings. The van der Waals surface area contributed by atoms with Gasteiger partial charge in [0.2, 0.25) is 0 Å². The van der Waals surface area contributed by atoms with Crippen LogP contribution in [0.5, 0.6) is 11.5 Å². The largest absolute Gasteiger partial charge is 0.457 e. The van der Waals surface area contributed by atoms with Gasteiger partial charge in [0.05, 0.1) is 10.2 Å². The van der Waals surface area contributed by atoms with Gasteiger partial charge in [0.15, 0.2) is 5.13 Å². The number of ether oxygens (including phenoxy) is 1. The Balaban J connectivity index is 1.39. The van der Waals surface area contributed by atoms with Crippen molar-refractivity contribution in [3.8, 4) is 11.5 Å². The van der Waals surface area contributed by atoms with Crippen molar-refractivity contribution in [2.24, 2.45) is 4.99 Å². The molecule has 0 atom stereocenters. The predicted molar refractivity (Wildman–Crippen MR) is 146 cm³/mol. The van der Waals surface area contributed by atoms with Crippen molar-refractivity contribution in [1.29, 1.82) is 0 Å². The Bertz CT molecular complexity index is 1650. The third-order valence-corrected chi connectivity index (χ3v) is 6.82. The van der Waals surface area contributed by atoms with Gasteiger partial charge in [-0.2, -0.15) is 0 Å². The van der Waals surface area contributed by atoms with Crippen LogP contribution in [0.4, 0.5) is 5.13 Å². The lowest BCUT2D eigenvalue weighted by Crippen LogP contribution is -2.32. The normalized spacial score (nSPS) is 14.5. The summed E-state index contributed by atoms with van der Waals surface area (Å²) in [4.78, 5) is 24.7. The van der Waals surface area contributed by atoms with Crippen molar-refractivity contribution in [2.75, 3.05) is 4.90 Å². The summed E-state index contributed by atoms with van der Waals surface area (Å²) in [5, 5.41) is 1.15. The topological polar surface area (TPSA) is 54.8 Å². The van der Waals surface area contributed by atoms with Gasteiger partial charge in [0.1, 0.15) is 23.0 Å². The van der Waals surface area contributed by atoms with Crippen LogP contribution >= 0.6 is 22.9 Å². The van der Waals surface area contributed by atoms with Crippen LogP contribution < -0.4 is 9.64 Å². The Morgan fingerprint density at radius 1 is 0.833 bits per heavy atom. The van der Waals surface area contributed by atoms with Crippen LogP contribution in [-0.2, 0) is 4.79 Å². The standard InChI is InChI=1S/C29H18ClN3O2S/c30-21-14-15-26-24(18-21)32-29(36-26)33-27(20-9-3-1-4-10-20)31-25(28(33)34)17-19-8-7-13-23(16-19)35-22-11-5-2-6-12-22/h1-18H/b25-17-. The third-order valence-electron chi connectivity index (χ3n) is 5.56. The number of hydrogen-bond acceptors (Lipinski definition) is 5. The minimum atomic E-state index is -0.242. The molecule has 0 saturated carbocycles. The molecule has 5 nitrogen and oxygen atoms in total. The highest BCUT2D eigenvalue weighted by Crippen LogP contribution is 2.35. The van der Waals surface area contributed by atoms with Gasteiger partial charge in [-0.15, -0.1) is 0 Å². The first-order valence-corrected chi connectivity index (χ1v) is 12.4. The molecule has 2 heterocycles. The summed E-state index contributed by atoms with van der Waals surface area (Å²) >= 11 is 7.58. The van der Waals surface area contributed by atoms with Gasteiger partial charge in [-0.25, -0.2) is 14.9 Å². The summed E-state index contributed by atoms with van der Waals surface area (Å²) in [5.74, 6) is 1.71. The van der Waals surface area contributed by atoms with Gasteiger partial charge in [-0.1, -0.05) is 83.6 Å². The molecular weight excluding hydrogens is 490 g/mol. The van der Waals surface area contributed by atoms with Crippen LogP contribution in [-0.4, -0.2) is 16.7 Å². The van der Waals surface area contributed by atoms with E-state index in [0.29, 0.717) is 27.4 Å². The van der Waals surface area contributed by atoms with E-state index in [-0.39, 0.29) is 5.91 Å². The molecule has 36 heavy (non-hydrogen) atoms. The van der Waals surface area contributed by atoms with Crippen molar-refractivity contribution >= 4 is 56.1 Å². The van der Waals surface area contributed by atoms with Crippen molar-refractivity contribution < 1.29 is 9.53 Å². The van der Waals surface area contributed by atoms with Gasteiger partial charge in [0.25, 0.3) is 5.91 Å². The number of carbonyl (C=O) groups is 1. The molecule has 1 aromatic heterocycles. The highest BCUT2D eigenvalue weighted by molar-refractivity contribution is 7.22. The molecule has 1 aliphatic heterocycles. The molecule has 6 rings (SSSR count). The molecule has 1 amide bonds. The fourth-order valence-electron chi connectivity index (χ4n) is 3.91. The molecule has 0 saturated heterocycles. The molecule has 0 fully saturated rings. The van der Waals surface area contributed by atoms with E-state index in [9.17, 15) is 4.79 Å². The minimum Gasteiger partial charge on any atom is -0.457 e. The number of thiazole rings is 1. The molecule has 7 heteroatoms. The second-order valence-corrected chi connectivity index (χ2v) is 9.51. The van der Waals surface area contributed by atoms with Crippen LogP contribution in [0.15, 0.2) is 114 Å². The van der Waals surface area contributed by atoms with E-state index in [1.165, 1.54) is 11.3 Å². The van der Waals surface area contributed by atoms with Gasteiger partial charge >= 0.3 is 0 Å². The number of hydrogen-bond donors (Lipinski definition) is 0. The van der Waals surface area contributed by atoms with E-state index in [4.69, 9.17) is 26.3 Å². The van der Waals surface area contributed by atoms with Crippen LogP contribution in [0.3, 0.4) is 0 Å². The Kier molecular flexibility index (Phi) is 5.81. The first-order valence-electron chi connectivity index (χ1n) is 11.2. The SMILES string of the molecule is O=C1/C(=C/c2cccc(Oc3ccccc3)c2)N=C(c2ccccc2)N1c1nc2cc(Cl)ccc2s1. The second kappa shape index (κ2) is 9.41. The van der Waals surface area contributed by atoms with E-state index < -0.39 is 0 Å². The summed E-state index contributed by atoms with van der Waals surface area (Å²) in [7, 11) is 0. The van der Waals surface area contributed by atoms with Crippen molar-refractivity contribution in [1.82, 2.24) is 4.98 Å². The summed E-state index contributed by atoms with van der Waals surface area (Å²) in [5.41, 5.74) is 2.70. The lowest BCUT2D eigenvalue weighted by Gasteiger charge is -2.14. The number of amidine groups is 1. The zero-order chi connectivity index (χ0) is 24.5. The fourth-order valence-corrected chi connectivity index (χ4v) is 5.02. The Labute approximate surface area is 216 Å². The van der Waals surface area contributed by atoms with E-state index in [1.54, 1.807) is 17.0 Å². The average molecular weight is 508 g/mol. The zero-order valence-electron chi connectivity index (χ0n) is 18.8. The molecule has 1 aliphatic rings. The Morgan fingerprint density at radius 3 is 2.39 bits per heavy atom. The van der Waals surface area contributed by atoms with Crippen molar-refractivity contribution in [3.05, 3.63) is 125 Å². The Morgan fingerprint density at radius 2 is 1.58 bits per heavy atom. The predicted octanol–water partition coefficient (Wildman–Crippen LogP) is 7.58. The molecule has 0 radical (unpaired) electrons. The number of aromatic nitrogens is 1. The van der Waals surface area contributed by atoms with Crippen molar-refractivity contribution in [3.63, 3.8) is 0 Å². The van der Waals surface area contributed by atoms with E-state index in [2.05, 4.69) is 0 Å². The van der Waals surface area contributed by atoms with Gasteiger partial charge in [-0.05, 0) is 54.1 Å². The summed E-state index contributed by atoms with van der Waals surface area (Å²) in [6.45, 7) is 0. The summed E-state index contributed by atoms with van der Waals surface area (Å²) in [6.07, 6.45) is 1.77. The molecule has 0 N–H and O–H groups in total. The maximum Gasteiger partial charge on any atom is 0.284 e. The minimum absolute atomic E-state index is 0.242. The molecule has 4 aromatic carbocycles. The second-order valence-electron chi connectivity index (χ2n) is 8.07. The number of amides is 1. The van der Waals surface area contributed by atoms with Gasteiger partial charge in [0, 0.05) is 10.6 Å². The van der Waals surface area contributed by atoms with Gasteiger partial charge < -0.3 is 4.74 Å². The number of fused-ring (bicyclic) bond motifs is 1. The first-order chi connectivity index (χ1) is 17.6. The lowest BCUT2D eigenvalue weighted by atomic mass is 10.2. The number of para-hydroxylation sites is 1. The monoisotopic (exact) mass is 507 g/mol. The van der Waals surface area contributed by atoms with Crippen LogP contribution in [0, 0.1) is 0 Å². The van der Waals surface area contributed by atoms with E-state index in [1.807, 2.05) is 97.1 Å². The molecule has 0 spiro atoms. The third kappa shape index (κ3) is 4.40. The number of halogens is 1.